The first-order valence-corrected chi connectivity index (χ1v) is 5.17. The molecule has 5 heteroatoms. The van der Waals surface area contributed by atoms with Crippen molar-refractivity contribution in [2.45, 2.75) is 6.42 Å². The minimum Gasteiger partial charge on any atom is -0.442 e. The molecule has 0 saturated carbocycles. The van der Waals surface area contributed by atoms with E-state index in [2.05, 4.69) is 4.98 Å². The number of ketones is 1. The summed E-state index contributed by atoms with van der Waals surface area (Å²) in [6, 6.07) is 3.13. The number of aromatic nitrogens is 1. The smallest absolute Gasteiger partial charge is 0.203 e. The molecule has 0 aliphatic heterocycles. The van der Waals surface area contributed by atoms with Crippen LogP contribution in [-0.4, -0.2) is 10.8 Å². The van der Waals surface area contributed by atoms with Crippen LogP contribution in [0.25, 0.3) is 0 Å². The molecule has 0 fully saturated rings. The molecule has 3 nitrogen and oxygen atoms in total. The van der Waals surface area contributed by atoms with Crippen LogP contribution in [0.5, 0.6) is 0 Å². The van der Waals surface area contributed by atoms with Crippen molar-refractivity contribution in [3.8, 4) is 0 Å². The molecule has 0 unspecified atom stereocenters. The highest BCUT2D eigenvalue weighted by Crippen LogP contribution is 2.16. The Hall–Kier alpha value is -1.13. The van der Waals surface area contributed by atoms with E-state index in [0.717, 1.165) is 4.88 Å². The Morgan fingerprint density at radius 3 is 3.00 bits per heavy atom. The predicted molar refractivity (Wildman–Crippen MR) is 53.9 cm³/mol. The van der Waals surface area contributed by atoms with Crippen molar-refractivity contribution in [2.24, 2.45) is 0 Å². The highest BCUT2D eigenvalue weighted by Gasteiger charge is 2.11. The minimum absolute atomic E-state index is 0.0823. The molecule has 2 heterocycles. The molecule has 0 spiro atoms. The maximum atomic E-state index is 11.6. The molecule has 2 rings (SSSR count). The lowest BCUT2D eigenvalue weighted by atomic mass is 10.2. The van der Waals surface area contributed by atoms with Crippen molar-refractivity contribution in [1.82, 2.24) is 4.98 Å². The normalized spacial score (nSPS) is 10.4. The lowest BCUT2D eigenvalue weighted by Crippen LogP contribution is -1.99. The van der Waals surface area contributed by atoms with E-state index in [-0.39, 0.29) is 11.0 Å². The lowest BCUT2D eigenvalue weighted by Gasteiger charge is -1.92. The zero-order valence-electron chi connectivity index (χ0n) is 7.07. The van der Waals surface area contributed by atoms with Crippen molar-refractivity contribution in [3.05, 3.63) is 39.7 Å². The number of furan rings is 1. The number of rotatable bonds is 3. The Bertz CT molecular complexity index is 435. The summed E-state index contributed by atoms with van der Waals surface area (Å²) >= 11 is 7.00. The van der Waals surface area contributed by atoms with Crippen LogP contribution in [0.2, 0.25) is 5.22 Å². The van der Waals surface area contributed by atoms with E-state index in [1.165, 1.54) is 11.3 Å². The van der Waals surface area contributed by atoms with Crippen molar-refractivity contribution >= 4 is 28.7 Å². The molecule has 0 amide bonds. The van der Waals surface area contributed by atoms with Crippen LogP contribution in [-0.2, 0) is 6.42 Å². The van der Waals surface area contributed by atoms with Gasteiger partial charge in [0.1, 0.15) is 0 Å². The van der Waals surface area contributed by atoms with Gasteiger partial charge in [-0.2, -0.15) is 0 Å². The van der Waals surface area contributed by atoms with Gasteiger partial charge in [0.25, 0.3) is 0 Å². The van der Waals surface area contributed by atoms with Crippen molar-refractivity contribution in [3.63, 3.8) is 0 Å². The SMILES string of the molecule is O=C(Cc1cncs1)c1ccc(Cl)o1. The van der Waals surface area contributed by atoms with E-state index in [0.29, 0.717) is 12.2 Å². The number of carbonyl (C=O) groups excluding carboxylic acids is 1. The van der Waals surface area contributed by atoms with Gasteiger partial charge in [0, 0.05) is 11.1 Å². The molecule has 2 aromatic heterocycles. The van der Waals surface area contributed by atoms with Gasteiger partial charge in [-0.25, -0.2) is 0 Å². The van der Waals surface area contributed by atoms with Crippen LogP contribution in [0.4, 0.5) is 0 Å². The summed E-state index contributed by atoms with van der Waals surface area (Å²) < 4.78 is 4.99. The lowest BCUT2D eigenvalue weighted by molar-refractivity contribution is 0.0967. The monoisotopic (exact) mass is 227 g/mol. The van der Waals surface area contributed by atoms with E-state index in [1.807, 2.05) is 0 Å². The van der Waals surface area contributed by atoms with Gasteiger partial charge in [0.15, 0.2) is 11.0 Å². The number of hydrogen-bond acceptors (Lipinski definition) is 4. The van der Waals surface area contributed by atoms with E-state index in [4.69, 9.17) is 16.0 Å². The van der Waals surface area contributed by atoms with Crippen molar-refractivity contribution < 1.29 is 9.21 Å². The fourth-order valence-electron chi connectivity index (χ4n) is 1.04. The van der Waals surface area contributed by atoms with Gasteiger partial charge in [0.2, 0.25) is 5.78 Å². The molecule has 0 atom stereocenters. The van der Waals surface area contributed by atoms with Gasteiger partial charge in [-0.1, -0.05) is 0 Å². The third-order valence-electron chi connectivity index (χ3n) is 1.67. The first-order valence-electron chi connectivity index (χ1n) is 3.91. The largest absolute Gasteiger partial charge is 0.442 e. The fraction of sp³-hybridized carbons (Fsp3) is 0.111. The Balaban J connectivity index is 2.10. The molecule has 0 N–H and O–H groups in total. The topological polar surface area (TPSA) is 43.1 Å². The number of halogens is 1. The summed E-state index contributed by atoms with van der Waals surface area (Å²) in [5.41, 5.74) is 1.69. The standard InChI is InChI=1S/C9H6ClNO2S/c10-9-2-1-8(13-9)7(12)3-6-4-11-5-14-6/h1-2,4-5H,3H2. The molecular weight excluding hydrogens is 222 g/mol. The molecule has 0 saturated heterocycles. The van der Waals surface area contributed by atoms with Crippen LogP contribution in [0.3, 0.4) is 0 Å². The van der Waals surface area contributed by atoms with E-state index in [9.17, 15) is 4.79 Å². The van der Waals surface area contributed by atoms with Crippen LogP contribution >= 0.6 is 22.9 Å². The number of Topliss-reactive ketones (excluding diaryl/α,β-unsaturated/α-hetero) is 1. The van der Waals surface area contributed by atoms with E-state index in [1.54, 1.807) is 23.8 Å². The summed E-state index contributed by atoms with van der Waals surface area (Å²) in [6.07, 6.45) is 1.99. The van der Waals surface area contributed by atoms with Gasteiger partial charge in [-0.3, -0.25) is 9.78 Å². The molecule has 2 aromatic rings. The number of hydrogen-bond donors (Lipinski definition) is 0. The van der Waals surface area contributed by atoms with Crippen LogP contribution in [0.1, 0.15) is 15.4 Å². The maximum Gasteiger partial charge on any atom is 0.203 e. The third kappa shape index (κ3) is 2.02. The van der Waals surface area contributed by atoms with Crippen LogP contribution in [0, 0.1) is 0 Å². The van der Waals surface area contributed by atoms with E-state index < -0.39 is 0 Å². The zero-order chi connectivity index (χ0) is 9.97. The third-order valence-corrected chi connectivity index (χ3v) is 2.65. The molecule has 14 heavy (non-hydrogen) atoms. The summed E-state index contributed by atoms with van der Waals surface area (Å²) in [7, 11) is 0. The summed E-state index contributed by atoms with van der Waals surface area (Å²) in [5.74, 6) is 0.213. The number of carbonyl (C=O) groups is 1. The second-order valence-corrected chi connectivity index (χ2v) is 4.01. The molecule has 0 radical (unpaired) electrons. The number of nitrogens with zero attached hydrogens (tertiary/aromatic N) is 1. The van der Waals surface area contributed by atoms with Gasteiger partial charge < -0.3 is 4.42 Å². The molecular formula is C9H6ClNO2S. The second kappa shape index (κ2) is 3.94. The molecule has 0 bridgehead atoms. The average Bonchev–Trinajstić information content (AvgIpc) is 2.75. The van der Waals surface area contributed by atoms with Crippen LogP contribution < -0.4 is 0 Å². The number of thiazole rings is 1. The van der Waals surface area contributed by atoms with Gasteiger partial charge in [-0.15, -0.1) is 11.3 Å². The summed E-state index contributed by atoms with van der Waals surface area (Å²) in [4.78, 5) is 16.4. The zero-order valence-corrected chi connectivity index (χ0v) is 8.64. The van der Waals surface area contributed by atoms with Gasteiger partial charge in [-0.05, 0) is 23.7 Å². The van der Waals surface area contributed by atoms with Gasteiger partial charge >= 0.3 is 0 Å². The second-order valence-electron chi connectivity index (χ2n) is 2.67. The minimum atomic E-state index is -0.0823. The summed E-state index contributed by atoms with van der Waals surface area (Å²) in [6.45, 7) is 0. The Kier molecular flexibility index (Phi) is 2.65. The Morgan fingerprint density at radius 2 is 2.43 bits per heavy atom. The summed E-state index contributed by atoms with van der Waals surface area (Å²) in [5, 5.41) is 0.234. The first-order chi connectivity index (χ1) is 6.75. The van der Waals surface area contributed by atoms with Crippen LogP contribution in [0.15, 0.2) is 28.3 Å². The molecule has 0 aliphatic rings. The fourth-order valence-corrected chi connectivity index (χ4v) is 1.78. The maximum absolute atomic E-state index is 11.6. The molecule has 72 valence electrons. The predicted octanol–water partition coefficient (Wildman–Crippen LogP) is 2.81. The van der Waals surface area contributed by atoms with Crippen molar-refractivity contribution in [2.75, 3.05) is 0 Å². The first kappa shape index (κ1) is 9.43. The van der Waals surface area contributed by atoms with E-state index >= 15 is 0 Å². The highest BCUT2D eigenvalue weighted by molar-refractivity contribution is 7.09. The highest BCUT2D eigenvalue weighted by atomic mass is 35.5. The van der Waals surface area contributed by atoms with Gasteiger partial charge in [0.05, 0.1) is 11.9 Å². The molecule has 0 aromatic carbocycles. The molecule has 0 aliphatic carbocycles. The van der Waals surface area contributed by atoms with Crippen molar-refractivity contribution in [1.29, 1.82) is 0 Å². The quantitative estimate of drug-likeness (QED) is 0.758. The Labute approximate surface area is 89.3 Å². The Morgan fingerprint density at radius 1 is 1.57 bits per heavy atom. The average molecular weight is 228 g/mol.